The number of aryl methyl sites for hydroxylation is 1. The quantitative estimate of drug-likeness (QED) is 0.535. The van der Waals surface area contributed by atoms with E-state index in [1.165, 1.54) is 17.3 Å². The fourth-order valence-corrected chi connectivity index (χ4v) is 3.66. The van der Waals surface area contributed by atoms with Crippen LogP contribution < -0.4 is 0 Å². The van der Waals surface area contributed by atoms with Gasteiger partial charge in [-0.15, -0.1) is 11.3 Å². The fraction of sp³-hybridized carbons (Fsp3) is 0.133. The molecule has 0 aliphatic rings. The Morgan fingerprint density at radius 1 is 1.25 bits per heavy atom. The van der Waals surface area contributed by atoms with Crippen molar-refractivity contribution in [3.8, 4) is 17.2 Å². The van der Waals surface area contributed by atoms with Crippen molar-refractivity contribution in [2.24, 2.45) is 0 Å². The number of rotatable bonds is 3. The smallest absolute Gasteiger partial charge is 0.128 e. The minimum Gasteiger partial charge on any atom is -0.229 e. The Morgan fingerprint density at radius 3 is 2.80 bits per heavy atom. The first kappa shape index (κ1) is 13.1. The lowest BCUT2D eigenvalue weighted by atomic mass is 10.1. The van der Waals surface area contributed by atoms with Crippen LogP contribution in [0.4, 0.5) is 0 Å². The Labute approximate surface area is 125 Å². The van der Waals surface area contributed by atoms with Crippen molar-refractivity contribution in [1.82, 2.24) is 9.97 Å². The second kappa shape index (κ2) is 5.61. The Kier molecular flexibility index (Phi) is 3.68. The molecule has 5 heteroatoms. The summed E-state index contributed by atoms with van der Waals surface area (Å²) in [6.45, 7) is 2.08. The fourth-order valence-electron chi connectivity index (χ4n) is 2.00. The molecule has 3 nitrogen and oxygen atoms in total. The maximum atomic E-state index is 8.76. The lowest BCUT2D eigenvalue weighted by Crippen LogP contribution is -1.86. The molecule has 0 saturated heterocycles. The van der Waals surface area contributed by atoms with E-state index in [9.17, 15) is 0 Å². The van der Waals surface area contributed by atoms with E-state index in [1.54, 1.807) is 17.7 Å². The summed E-state index contributed by atoms with van der Waals surface area (Å²) in [4.78, 5) is 9.62. The molecule has 0 saturated carbocycles. The van der Waals surface area contributed by atoms with Gasteiger partial charge < -0.3 is 0 Å². The minimum atomic E-state index is 0.398. The van der Waals surface area contributed by atoms with Crippen LogP contribution in [-0.2, 0) is 0 Å². The normalized spacial score (nSPS) is 10.6. The summed E-state index contributed by atoms with van der Waals surface area (Å²) in [5.74, 6) is 0.398. The molecule has 2 aromatic heterocycles. The predicted octanol–water partition coefficient (Wildman–Crippen LogP) is 4.28. The molecular formula is C15H11N3S2. The molecule has 98 valence electrons. The first-order chi connectivity index (χ1) is 9.79. The highest BCUT2D eigenvalue weighted by atomic mass is 32.2. The number of aromatic nitrogens is 2. The molecule has 0 unspecified atom stereocenters. The molecule has 20 heavy (non-hydrogen) atoms. The van der Waals surface area contributed by atoms with Crippen LogP contribution in [-0.4, -0.2) is 15.7 Å². The van der Waals surface area contributed by atoms with Crippen molar-refractivity contribution in [2.45, 2.75) is 11.9 Å². The number of hydrogen-bond acceptors (Lipinski definition) is 5. The monoisotopic (exact) mass is 297 g/mol. The average molecular weight is 297 g/mol. The van der Waals surface area contributed by atoms with Crippen molar-refractivity contribution in [3.63, 3.8) is 0 Å². The van der Waals surface area contributed by atoms with Crippen molar-refractivity contribution in [1.29, 1.82) is 5.26 Å². The van der Waals surface area contributed by atoms with Gasteiger partial charge in [0.05, 0.1) is 17.2 Å². The van der Waals surface area contributed by atoms with Gasteiger partial charge in [-0.05, 0) is 12.5 Å². The molecule has 3 rings (SSSR count). The van der Waals surface area contributed by atoms with E-state index in [0.717, 1.165) is 26.4 Å². The average Bonchev–Trinajstić information content (AvgIpc) is 2.90. The van der Waals surface area contributed by atoms with Gasteiger partial charge in [-0.2, -0.15) is 5.26 Å². The van der Waals surface area contributed by atoms with Crippen LogP contribution in [0, 0.1) is 18.3 Å². The van der Waals surface area contributed by atoms with Crippen LogP contribution >= 0.6 is 23.1 Å². The van der Waals surface area contributed by atoms with Crippen molar-refractivity contribution in [2.75, 3.05) is 5.75 Å². The number of hydrogen-bond donors (Lipinski definition) is 0. The molecule has 0 N–H and O–H groups in total. The molecule has 0 radical (unpaired) electrons. The van der Waals surface area contributed by atoms with Gasteiger partial charge in [0.25, 0.3) is 0 Å². The largest absolute Gasteiger partial charge is 0.229 e. The zero-order valence-corrected chi connectivity index (χ0v) is 12.5. The molecule has 0 fully saturated rings. The Bertz CT molecular complexity index is 785. The first-order valence-electron chi connectivity index (χ1n) is 6.08. The summed E-state index contributed by atoms with van der Waals surface area (Å²) >= 11 is 3.07. The molecule has 2 heterocycles. The number of nitriles is 1. The third-order valence-corrected chi connectivity index (χ3v) is 4.71. The van der Waals surface area contributed by atoms with Crippen LogP contribution in [0.2, 0.25) is 0 Å². The number of benzene rings is 1. The molecule has 0 aliphatic carbocycles. The van der Waals surface area contributed by atoms with Gasteiger partial charge in [-0.1, -0.05) is 41.6 Å². The van der Waals surface area contributed by atoms with Crippen LogP contribution in [0.1, 0.15) is 5.56 Å². The van der Waals surface area contributed by atoms with E-state index in [-0.39, 0.29) is 0 Å². The molecule has 0 atom stereocenters. The van der Waals surface area contributed by atoms with Gasteiger partial charge in [0.2, 0.25) is 0 Å². The van der Waals surface area contributed by atoms with E-state index in [0.29, 0.717) is 5.75 Å². The molecule has 0 amide bonds. The number of thiophene rings is 1. The summed E-state index contributed by atoms with van der Waals surface area (Å²) < 4.78 is 0. The van der Waals surface area contributed by atoms with Gasteiger partial charge in [-0.25, -0.2) is 9.97 Å². The third kappa shape index (κ3) is 2.40. The van der Waals surface area contributed by atoms with Crippen molar-refractivity contribution in [3.05, 3.63) is 41.5 Å². The molecular weight excluding hydrogens is 286 g/mol. The number of nitrogens with zero attached hydrogens (tertiary/aromatic N) is 3. The highest BCUT2D eigenvalue weighted by molar-refractivity contribution is 7.99. The van der Waals surface area contributed by atoms with E-state index in [2.05, 4.69) is 52.6 Å². The number of thioether (sulfide) groups is 1. The third-order valence-electron chi connectivity index (χ3n) is 2.97. The summed E-state index contributed by atoms with van der Waals surface area (Å²) in [6, 6.07) is 10.6. The standard InChI is InChI=1S/C15H11N3S2/c1-10-2-4-11(5-3-10)12-8-20-15-13(12)14(17-9-18-15)19-7-6-16/h2-5,8-9H,7H2,1H3. The maximum absolute atomic E-state index is 8.76. The van der Waals surface area contributed by atoms with E-state index in [4.69, 9.17) is 5.26 Å². The molecule has 1 aromatic carbocycles. The lowest BCUT2D eigenvalue weighted by molar-refractivity contribution is 1.11. The zero-order chi connectivity index (χ0) is 13.9. The van der Waals surface area contributed by atoms with Crippen molar-refractivity contribution >= 4 is 33.3 Å². The summed E-state index contributed by atoms with van der Waals surface area (Å²) in [6.07, 6.45) is 1.57. The highest BCUT2D eigenvalue weighted by Gasteiger charge is 2.13. The van der Waals surface area contributed by atoms with Crippen LogP contribution in [0.15, 0.2) is 41.0 Å². The van der Waals surface area contributed by atoms with Crippen LogP contribution in [0.25, 0.3) is 21.3 Å². The molecule has 0 bridgehead atoms. The second-order valence-corrected chi connectivity index (χ2v) is 6.14. The second-order valence-electron chi connectivity index (χ2n) is 4.32. The van der Waals surface area contributed by atoms with Crippen LogP contribution in [0.3, 0.4) is 0 Å². The zero-order valence-electron chi connectivity index (χ0n) is 10.8. The first-order valence-corrected chi connectivity index (χ1v) is 7.95. The summed E-state index contributed by atoms with van der Waals surface area (Å²) in [5, 5.41) is 12.8. The highest BCUT2D eigenvalue weighted by Crippen LogP contribution is 2.37. The molecule has 0 aliphatic heterocycles. The minimum absolute atomic E-state index is 0.398. The Balaban J connectivity index is 2.16. The molecule has 0 spiro atoms. The van der Waals surface area contributed by atoms with Gasteiger partial charge in [0.15, 0.2) is 0 Å². The van der Waals surface area contributed by atoms with Gasteiger partial charge >= 0.3 is 0 Å². The van der Waals surface area contributed by atoms with Crippen LogP contribution in [0.5, 0.6) is 0 Å². The predicted molar refractivity (Wildman–Crippen MR) is 83.9 cm³/mol. The topological polar surface area (TPSA) is 49.6 Å². The Morgan fingerprint density at radius 2 is 2.05 bits per heavy atom. The van der Waals surface area contributed by atoms with E-state index in [1.807, 2.05) is 0 Å². The van der Waals surface area contributed by atoms with Gasteiger partial charge in [0, 0.05) is 10.9 Å². The van der Waals surface area contributed by atoms with Crippen molar-refractivity contribution < 1.29 is 0 Å². The number of fused-ring (bicyclic) bond motifs is 1. The van der Waals surface area contributed by atoms with E-state index < -0.39 is 0 Å². The summed E-state index contributed by atoms with van der Waals surface area (Å²) in [5.41, 5.74) is 3.55. The SMILES string of the molecule is Cc1ccc(-c2csc3ncnc(SCC#N)c23)cc1. The van der Waals surface area contributed by atoms with E-state index >= 15 is 0 Å². The van der Waals surface area contributed by atoms with Gasteiger partial charge in [0.1, 0.15) is 16.2 Å². The van der Waals surface area contributed by atoms with Gasteiger partial charge in [-0.3, -0.25) is 0 Å². The molecule has 3 aromatic rings. The lowest BCUT2D eigenvalue weighted by Gasteiger charge is -2.04. The summed E-state index contributed by atoms with van der Waals surface area (Å²) in [7, 11) is 0. The Hall–Kier alpha value is -1.90. The maximum Gasteiger partial charge on any atom is 0.128 e.